The Kier molecular flexibility index (Phi) is 5.11. The summed E-state index contributed by atoms with van der Waals surface area (Å²) >= 11 is 0. The van der Waals surface area contributed by atoms with Gasteiger partial charge in [0, 0.05) is 6.04 Å². The van der Waals surface area contributed by atoms with Gasteiger partial charge in [0.2, 0.25) is 0 Å². The highest BCUT2D eigenvalue weighted by Gasteiger charge is 2.15. The minimum absolute atomic E-state index is 0.0596. The molecule has 0 aliphatic heterocycles. The van der Waals surface area contributed by atoms with Gasteiger partial charge in [-0.3, -0.25) is 0 Å². The van der Waals surface area contributed by atoms with Crippen molar-refractivity contribution in [2.24, 2.45) is 0 Å². The third-order valence-corrected chi connectivity index (χ3v) is 2.63. The molecule has 0 aliphatic rings. The highest BCUT2D eigenvalue weighted by atomic mass is 16.4. The Balaban J connectivity index is 2.82. The molecule has 5 nitrogen and oxygen atoms in total. The Morgan fingerprint density at radius 3 is 2.74 bits per heavy atom. The lowest BCUT2D eigenvalue weighted by atomic mass is 10.1. The molecule has 2 amide bonds. The standard InChI is InChI=1S/C14H18N2O3/c1-4-6-10(3)15-14(19)16-11-8-5-7-9(2)12(11)13(17)18/h4-5,7-8,10H,1,6H2,2-3H3,(H,17,18)(H2,15,16,19). The first kappa shape index (κ1) is 14.8. The number of carbonyl (C=O) groups excluding carboxylic acids is 1. The van der Waals surface area contributed by atoms with Gasteiger partial charge in [0.25, 0.3) is 0 Å². The van der Waals surface area contributed by atoms with Crippen molar-refractivity contribution in [3.05, 3.63) is 42.0 Å². The summed E-state index contributed by atoms with van der Waals surface area (Å²) < 4.78 is 0. The number of hydrogen-bond acceptors (Lipinski definition) is 2. The van der Waals surface area contributed by atoms with E-state index >= 15 is 0 Å². The largest absolute Gasteiger partial charge is 0.478 e. The van der Waals surface area contributed by atoms with E-state index in [4.69, 9.17) is 5.11 Å². The van der Waals surface area contributed by atoms with E-state index in [9.17, 15) is 9.59 Å². The number of amides is 2. The van der Waals surface area contributed by atoms with E-state index in [1.165, 1.54) is 0 Å². The number of carboxylic acid groups (broad SMARTS) is 1. The molecule has 0 spiro atoms. The molecule has 0 heterocycles. The Hall–Kier alpha value is -2.30. The number of aromatic carboxylic acids is 1. The summed E-state index contributed by atoms with van der Waals surface area (Å²) in [5, 5.41) is 14.4. The molecule has 0 fully saturated rings. The maximum absolute atomic E-state index is 11.7. The van der Waals surface area contributed by atoms with Gasteiger partial charge in [-0.25, -0.2) is 9.59 Å². The first-order valence-corrected chi connectivity index (χ1v) is 5.97. The lowest BCUT2D eigenvalue weighted by Crippen LogP contribution is -2.36. The first-order valence-electron chi connectivity index (χ1n) is 5.97. The smallest absolute Gasteiger partial charge is 0.338 e. The van der Waals surface area contributed by atoms with Crippen molar-refractivity contribution in [1.29, 1.82) is 0 Å². The molecule has 102 valence electrons. The van der Waals surface area contributed by atoms with Crippen molar-refractivity contribution in [2.45, 2.75) is 26.3 Å². The topological polar surface area (TPSA) is 78.4 Å². The zero-order valence-corrected chi connectivity index (χ0v) is 11.1. The lowest BCUT2D eigenvalue weighted by Gasteiger charge is -2.14. The number of anilines is 1. The highest BCUT2D eigenvalue weighted by Crippen LogP contribution is 2.19. The molecule has 19 heavy (non-hydrogen) atoms. The number of benzene rings is 1. The van der Waals surface area contributed by atoms with E-state index in [2.05, 4.69) is 17.2 Å². The number of carbonyl (C=O) groups is 2. The van der Waals surface area contributed by atoms with Crippen LogP contribution in [0.25, 0.3) is 0 Å². The second-order valence-corrected chi connectivity index (χ2v) is 4.33. The average Bonchev–Trinajstić information content (AvgIpc) is 2.28. The number of nitrogens with one attached hydrogen (secondary N) is 2. The Bertz CT molecular complexity index is 497. The van der Waals surface area contributed by atoms with Crippen LogP contribution in [0.1, 0.15) is 29.3 Å². The summed E-state index contributed by atoms with van der Waals surface area (Å²) in [6.07, 6.45) is 2.35. The summed E-state index contributed by atoms with van der Waals surface area (Å²) in [7, 11) is 0. The van der Waals surface area contributed by atoms with Crippen LogP contribution in [0, 0.1) is 6.92 Å². The summed E-state index contributed by atoms with van der Waals surface area (Å²) in [6, 6.07) is 4.46. The molecule has 0 saturated heterocycles. The van der Waals surface area contributed by atoms with Crippen LogP contribution in [-0.4, -0.2) is 23.1 Å². The third-order valence-electron chi connectivity index (χ3n) is 2.63. The van der Waals surface area contributed by atoms with Crippen LogP contribution in [0.5, 0.6) is 0 Å². The molecule has 1 unspecified atom stereocenters. The molecule has 0 aromatic heterocycles. The first-order chi connectivity index (χ1) is 8.95. The van der Waals surface area contributed by atoms with Crippen LogP contribution in [0.3, 0.4) is 0 Å². The molecular formula is C14H18N2O3. The summed E-state index contributed by atoms with van der Waals surface area (Å²) in [5.41, 5.74) is 0.995. The maximum atomic E-state index is 11.7. The number of aryl methyl sites for hydroxylation is 1. The monoisotopic (exact) mass is 262 g/mol. The van der Waals surface area contributed by atoms with Crippen LogP contribution in [0.2, 0.25) is 0 Å². The molecule has 1 aromatic carbocycles. The van der Waals surface area contributed by atoms with Crippen LogP contribution in [-0.2, 0) is 0 Å². The average molecular weight is 262 g/mol. The summed E-state index contributed by atoms with van der Waals surface area (Å²) in [6.45, 7) is 7.12. The van der Waals surface area contributed by atoms with Gasteiger partial charge in [-0.05, 0) is 31.9 Å². The lowest BCUT2D eigenvalue weighted by molar-refractivity contribution is 0.0697. The van der Waals surface area contributed by atoms with Crippen molar-refractivity contribution in [3.8, 4) is 0 Å². The molecule has 1 aromatic rings. The van der Waals surface area contributed by atoms with E-state index in [0.29, 0.717) is 12.0 Å². The van der Waals surface area contributed by atoms with Gasteiger partial charge in [0.1, 0.15) is 0 Å². The predicted octanol–water partition coefficient (Wildman–Crippen LogP) is 2.78. The molecule has 0 saturated carbocycles. The van der Waals surface area contributed by atoms with Crippen LogP contribution in [0.4, 0.5) is 10.5 Å². The predicted molar refractivity (Wildman–Crippen MR) is 74.6 cm³/mol. The van der Waals surface area contributed by atoms with Crippen LogP contribution >= 0.6 is 0 Å². The fourth-order valence-electron chi connectivity index (χ4n) is 1.75. The molecular weight excluding hydrogens is 244 g/mol. The third kappa shape index (κ3) is 4.13. The van der Waals surface area contributed by atoms with Gasteiger partial charge >= 0.3 is 12.0 Å². The normalized spacial score (nSPS) is 11.5. The molecule has 3 N–H and O–H groups in total. The molecule has 1 atom stereocenters. The van der Waals surface area contributed by atoms with E-state index in [0.717, 1.165) is 0 Å². The number of urea groups is 1. The quantitative estimate of drug-likeness (QED) is 0.714. The minimum atomic E-state index is -1.06. The van der Waals surface area contributed by atoms with Crippen LogP contribution < -0.4 is 10.6 Å². The van der Waals surface area contributed by atoms with Gasteiger partial charge in [-0.15, -0.1) is 6.58 Å². The van der Waals surface area contributed by atoms with Crippen LogP contribution in [0.15, 0.2) is 30.9 Å². The Labute approximate surface area is 112 Å². The molecule has 0 bridgehead atoms. The Morgan fingerprint density at radius 1 is 1.47 bits per heavy atom. The summed E-state index contributed by atoms with van der Waals surface area (Å²) in [5.74, 6) is -1.06. The van der Waals surface area contributed by atoms with E-state index in [-0.39, 0.29) is 17.3 Å². The number of hydrogen-bond donors (Lipinski definition) is 3. The zero-order chi connectivity index (χ0) is 14.4. The minimum Gasteiger partial charge on any atom is -0.478 e. The molecule has 5 heteroatoms. The SMILES string of the molecule is C=CCC(C)NC(=O)Nc1cccc(C)c1C(=O)O. The second kappa shape index (κ2) is 6.58. The molecule has 0 radical (unpaired) electrons. The van der Waals surface area contributed by atoms with Gasteiger partial charge in [-0.1, -0.05) is 18.2 Å². The van der Waals surface area contributed by atoms with Crippen molar-refractivity contribution < 1.29 is 14.7 Å². The fourth-order valence-corrected chi connectivity index (χ4v) is 1.75. The summed E-state index contributed by atoms with van der Waals surface area (Å²) in [4.78, 5) is 22.9. The highest BCUT2D eigenvalue weighted by molar-refractivity contribution is 6.01. The molecule has 1 rings (SSSR count). The van der Waals surface area contributed by atoms with E-state index in [1.54, 1.807) is 31.2 Å². The Morgan fingerprint density at radius 2 is 2.16 bits per heavy atom. The van der Waals surface area contributed by atoms with Gasteiger partial charge in [-0.2, -0.15) is 0 Å². The van der Waals surface area contributed by atoms with Gasteiger partial charge in [0.05, 0.1) is 11.3 Å². The second-order valence-electron chi connectivity index (χ2n) is 4.33. The number of carboxylic acids is 1. The zero-order valence-electron chi connectivity index (χ0n) is 11.1. The van der Waals surface area contributed by atoms with E-state index < -0.39 is 12.0 Å². The van der Waals surface area contributed by atoms with Gasteiger partial charge < -0.3 is 15.7 Å². The van der Waals surface area contributed by atoms with Crippen molar-refractivity contribution in [3.63, 3.8) is 0 Å². The molecule has 0 aliphatic carbocycles. The van der Waals surface area contributed by atoms with Gasteiger partial charge in [0.15, 0.2) is 0 Å². The van der Waals surface area contributed by atoms with E-state index in [1.807, 2.05) is 6.92 Å². The number of rotatable bonds is 5. The van der Waals surface area contributed by atoms with Crippen molar-refractivity contribution in [1.82, 2.24) is 5.32 Å². The fraction of sp³-hybridized carbons (Fsp3) is 0.286. The maximum Gasteiger partial charge on any atom is 0.338 e. The van der Waals surface area contributed by atoms with Crippen molar-refractivity contribution in [2.75, 3.05) is 5.32 Å². The van der Waals surface area contributed by atoms with Crippen molar-refractivity contribution >= 4 is 17.7 Å².